The molecule has 0 aromatic heterocycles. The van der Waals surface area contributed by atoms with Crippen LogP contribution >= 0.6 is 24.0 Å². The van der Waals surface area contributed by atoms with Crippen molar-refractivity contribution in [2.45, 2.75) is 11.8 Å². The van der Waals surface area contributed by atoms with E-state index in [1.807, 2.05) is 6.92 Å². The van der Waals surface area contributed by atoms with Gasteiger partial charge in [0.25, 0.3) is 0 Å². The van der Waals surface area contributed by atoms with E-state index in [1.165, 1.54) is 6.07 Å². The first-order valence-corrected chi connectivity index (χ1v) is 6.98. The maximum atomic E-state index is 13.0. The van der Waals surface area contributed by atoms with E-state index in [2.05, 4.69) is 10.0 Å². The molecule has 0 radical (unpaired) electrons. The van der Waals surface area contributed by atoms with Gasteiger partial charge in [0.05, 0.1) is 4.90 Å². The summed E-state index contributed by atoms with van der Waals surface area (Å²) in [5.74, 6) is -0.676. The van der Waals surface area contributed by atoms with E-state index in [0.717, 1.165) is 18.7 Å². The number of sulfonamides is 1. The maximum Gasteiger partial charge on any atom is 0.240 e. The van der Waals surface area contributed by atoms with Crippen LogP contribution < -0.4 is 10.0 Å². The van der Waals surface area contributed by atoms with Gasteiger partial charge in [-0.1, -0.05) is 18.5 Å². The van der Waals surface area contributed by atoms with Gasteiger partial charge in [-0.25, -0.2) is 17.5 Å². The van der Waals surface area contributed by atoms with Crippen LogP contribution in [-0.4, -0.2) is 28.1 Å². The average molecular weight is 317 g/mol. The molecule has 4 nitrogen and oxygen atoms in total. The van der Waals surface area contributed by atoms with Crippen molar-refractivity contribution in [3.05, 3.63) is 29.0 Å². The highest BCUT2D eigenvalue weighted by Crippen LogP contribution is 2.17. The highest BCUT2D eigenvalue weighted by Gasteiger charge is 2.14. The third kappa shape index (κ3) is 5.49. The molecular weight excluding hydrogens is 302 g/mol. The van der Waals surface area contributed by atoms with Crippen LogP contribution in [0.25, 0.3) is 0 Å². The molecule has 18 heavy (non-hydrogen) atoms. The molecule has 0 heterocycles. The van der Waals surface area contributed by atoms with Crippen LogP contribution in [-0.2, 0) is 10.0 Å². The van der Waals surface area contributed by atoms with Crippen LogP contribution in [0.2, 0.25) is 5.02 Å². The average Bonchev–Trinajstić information content (AvgIpc) is 2.23. The second-order valence-electron chi connectivity index (χ2n) is 3.36. The van der Waals surface area contributed by atoms with Crippen molar-refractivity contribution in [1.82, 2.24) is 10.0 Å². The first-order valence-electron chi connectivity index (χ1n) is 5.12. The number of rotatable bonds is 6. The van der Waals surface area contributed by atoms with E-state index in [4.69, 9.17) is 11.6 Å². The van der Waals surface area contributed by atoms with Gasteiger partial charge in [0.2, 0.25) is 10.0 Å². The van der Waals surface area contributed by atoms with E-state index in [9.17, 15) is 12.8 Å². The SMILES string of the molecule is CCNCCNS(=O)(=O)c1cc(F)cc(Cl)c1.Cl. The van der Waals surface area contributed by atoms with Gasteiger partial charge in [-0.2, -0.15) is 0 Å². The highest BCUT2D eigenvalue weighted by atomic mass is 35.5. The Morgan fingerprint density at radius 1 is 1.28 bits per heavy atom. The molecular formula is C10H15Cl2FN2O2S. The molecule has 0 fully saturated rings. The molecule has 8 heteroatoms. The lowest BCUT2D eigenvalue weighted by molar-refractivity contribution is 0.574. The molecule has 2 N–H and O–H groups in total. The van der Waals surface area contributed by atoms with Gasteiger partial charge in [0.1, 0.15) is 5.82 Å². The van der Waals surface area contributed by atoms with Crippen molar-refractivity contribution in [1.29, 1.82) is 0 Å². The van der Waals surface area contributed by atoms with Crippen LogP contribution in [0.4, 0.5) is 4.39 Å². The molecule has 0 aliphatic rings. The van der Waals surface area contributed by atoms with Crippen LogP contribution in [0, 0.1) is 5.82 Å². The van der Waals surface area contributed by atoms with E-state index < -0.39 is 15.8 Å². The van der Waals surface area contributed by atoms with Gasteiger partial charge in [-0.05, 0) is 24.7 Å². The minimum absolute atomic E-state index is 0. The number of hydrogen-bond donors (Lipinski definition) is 2. The minimum Gasteiger partial charge on any atom is -0.316 e. The quantitative estimate of drug-likeness (QED) is 0.787. The Morgan fingerprint density at radius 2 is 1.94 bits per heavy atom. The zero-order valence-electron chi connectivity index (χ0n) is 9.74. The second kappa shape index (κ2) is 7.91. The summed E-state index contributed by atoms with van der Waals surface area (Å²) in [4.78, 5) is -0.168. The summed E-state index contributed by atoms with van der Waals surface area (Å²) >= 11 is 5.60. The molecule has 0 unspecified atom stereocenters. The predicted octanol–water partition coefficient (Wildman–Crippen LogP) is 1.79. The van der Waals surface area contributed by atoms with Crippen LogP contribution in [0.1, 0.15) is 6.92 Å². The summed E-state index contributed by atoms with van der Waals surface area (Å²) in [5, 5.41) is 3.02. The van der Waals surface area contributed by atoms with Gasteiger partial charge in [0, 0.05) is 18.1 Å². The highest BCUT2D eigenvalue weighted by molar-refractivity contribution is 7.89. The third-order valence-electron chi connectivity index (χ3n) is 1.99. The van der Waals surface area contributed by atoms with E-state index in [-0.39, 0.29) is 28.9 Å². The Balaban J connectivity index is 0.00000289. The summed E-state index contributed by atoms with van der Waals surface area (Å²) in [6.45, 7) is 3.43. The van der Waals surface area contributed by atoms with Gasteiger partial charge < -0.3 is 5.32 Å². The molecule has 0 spiro atoms. The van der Waals surface area contributed by atoms with E-state index >= 15 is 0 Å². The van der Waals surface area contributed by atoms with Crippen molar-refractivity contribution in [2.24, 2.45) is 0 Å². The summed E-state index contributed by atoms with van der Waals surface area (Å²) in [7, 11) is -3.70. The molecule has 1 rings (SSSR count). The van der Waals surface area contributed by atoms with Gasteiger partial charge in [0.15, 0.2) is 0 Å². The standard InChI is InChI=1S/C10H14ClFN2O2S.ClH/c1-2-13-3-4-14-17(15,16)10-6-8(11)5-9(12)7-10;/h5-7,13-14H,2-4H2,1H3;1H. The summed E-state index contributed by atoms with van der Waals surface area (Å²) in [5.41, 5.74) is 0. The number of nitrogens with one attached hydrogen (secondary N) is 2. The fraction of sp³-hybridized carbons (Fsp3) is 0.400. The van der Waals surface area contributed by atoms with Crippen molar-refractivity contribution < 1.29 is 12.8 Å². The molecule has 0 aliphatic carbocycles. The van der Waals surface area contributed by atoms with E-state index in [0.29, 0.717) is 6.54 Å². The molecule has 0 saturated heterocycles. The van der Waals surface area contributed by atoms with Crippen LogP contribution in [0.15, 0.2) is 23.1 Å². The normalized spacial score (nSPS) is 11.1. The predicted molar refractivity (Wildman–Crippen MR) is 72.4 cm³/mol. The summed E-state index contributed by atoms with van der Waals surface area (Å²) in [6, 6.07) is 3.20. The molecule has 1 aromatic carbocycles. The molecule has 0 atom stereocenters. The topological polar surface area (TPSA) is 58.2 Å². The Morgan fingerprint density at radius 3 is 2.50 bits per heavy atom. The number of hydrogen-bond acceptors (Lipinski definition) is 3. The van der Waals surface area contributed by atoms with E-state index in [1.54, 1.807) is 0 Å². The third-order valence-corrected chi connectivity index (χ3v) is 3.65. The first kappa shape index (κ1) is 17.6. The van der Waals surface area contributed by atoms with Crippen LogP contribution in [0.5, 0.6) is 0 Å². The summed E-state index contributed by atoms with van der Waals surface area (Å²) < 4.78 is 38.8. The lowest BCUT2D eigenvalue weighted by Gasteiger charge is -2.07. The fourth-order valence-electron chi connectivity index (χ4n) is 1.22. The van der Waals surface area contributed by atoms with Crippen LogP contribution in [0.3, 0.4) is 0 Å². The van der Waals surface area contributed by atoms with Crippen molar-refractivity contribution >= 4 is 34.0 Å². The van der Waals surface area contributed by atoms with Gasteiger partial charge in [-0.3, -0.25) is 0 Å². The molecule has 0 aliphatic heterocycles. The Bertz CT molecular complexity index is 463. The smallest absolute Gasteiger partial charge is 0.240 e. The van der Waals surface area contributed by atoms with Gasteiger partial charge in [-0.15, -0.1) is 12.4 Å². The fourth-order valence-corrected chi connectivity index (χ4v) is 2.59. The largest absolute Gasteiger partial charge is 0.316 e. The molecule has 1 aromatic rings. The lowest BCUT2D eigenvalue weighted by Crippen LogP contribution is -2.31. The Kier molecular flexibility index (Phi) is 7.73. The number of likely N-dealkylation sites (N-methyl/N-ethyl adjacent to an activating group) is 1. The van der Waals surface area contributed by atoms with Gasteiger partial charge >= 0.3 is 0 Å². The minimum atomic E-state index is -3.70. The zero-order valence-corrected chi connectivity index (χ0v) is 12.1. The Labute approximate surface area is 117 Å². The monoisotopic (exact) mass is 316 g/mol. The first-order chi connectivity index (χ1) is 7.95. The number of benzene rings is 1. The molecule has 0 amide bonds. The lowest BCUT2D eigenvalue weighted by atomic mass is 10.3. The second-order valence-corrected chi connectivity index (χ2v) is 5.56. The van der Waals surface area contributed by atoms with Crippen molar-refractivity contribution in [2.75, 3.05) is 19.6 Å². The maximum absolute atomic E-state index is 13.0. The number of halogens is 3. The van der Waals surface area contributed by atoms with Crippen molar-refractivity contribution in [3.63, 3.8) is 0 Å². The molecule has 0 saturated carbocycles. The van der Waals surface area contributed by atoms with Crippen molar-refractivity contribution in [3.8, 4) is 0 Å². The molecule has 0 bridgehead atoms. The summed E-state index contributed by atoms with van der Waals surface area (Å²) in [6.07, 6.45) is 0. The zero-order chi connectivity index (χ0) is 12.9. The Hall–Kier alpha value is -0.400. The molecule has 104 valence electrons.